The van der Waals surface area contributed by atoms with Crippen molar-refractivity contribution in [3.63, 3.8) is 0 Å². The van der Waals surface area contributed by atoms with Crippen molar-refractivity contribution in [1.82, 2.24) is 9.80 Å². The van der Waals surface area contributed by atoms with E-state index >= 15 is 0 Å². The highest BCUT2D eigenvalue weighted by atomic mass is 16.5. The molecule has 106 valence electrons. The van der Waals surface area contributed by atoms with E-state index in [1.165, 1.54) is 58.4 Å². The zero-order valence-electron chi connectivity index (χ0n) is 11.8. The van der Waals surface area contributed by atoms with Crippen molar-refractivity contribution < 1.29 is 4.74 Å². The van der Waals surface area contributed by atoms with Gasteiger partial charge in [0.1, 0.15) is 0 Å². The van der Waals surface area contributed by atoms with Crippen molar-refractivity contribution >= 4 is 0 Å². The van der Waals surface area contributed by atoms with Crippen molar-refractivity contribution in [3.8, 4) is 0 Å². The van der Waals surface area contributed by atoms with E-state index in [0.29, 0.717) is 12.1 Å². The first-order chi connectivity index (χ1) is 8.83. The summed E-state index contributed by atoms with van der Waals surface area (Å²) in [5, 5.41) is 0. The summed E-state index contributed by atoms with van der Waals surface area (Å²) >= 11 is 0. The molecular weight excluding hydrogens is 226 g/mol. The van der Waals surface area contributed by atoms with Crippen LogP contribution in [0.1, 0.15) is 32.6 Å². The largest absolute Gasteiger partial charge is 0.378 e. The molecule has 2 rings (SSSR count). The molecule has 2 atom stereocenters. The molecule has 2 unspecified atom stereocenters. The Balaban J connectivity index is 1.63. The van der Waals surface area contributed by atoms with Gasteiger partial charge in [-0.3, -0.25) is 4.90 Å². The molecule has 2 saturated heterocycles. The van der Waals surface area contributed by atoms with E-state index < -0.39 is 0 Å². The van der Waals surface area contributed by atoms with Crippen molar-refractivity contribution in [1.29, 1.82) is 0 Å². The van der Waals surface area contributed by atoms with Gasteiger partial charge in [-0.1, -0.05) is 6.92 Å². The molecule has 18 heavy (non-hydrogen) atoms. The minimum absolute atomic E-state index is 0.537. The van der Waals surface area contributed by atoms with Gasteiger partial charge in [-0.25, -0.2) is 0 Å². The lowest BCUT2D eigenvalue weighted by atomic mass is 10.1. The fraction of sp³-hybridized carbons (Fsp3) is 1.00. The first-order valence-corrected chi connectivity index (χ1v) is 7.61. The van der Waals surface area contributed by atoms with E-state index in [0.717, 1.165) is 13.2 Å². The Morgan fingerprint density at radius 2 is 2.06 bits per heavy atom. The van der Waals surface area contributed by atoms with Gasteiger partial charge in [0.25, 0.3) is 0 Å². The van der Waals surface area contributed by atoms with E-state index in [9.17, 15) is 0 Å². The molecule has 0 radical (unpaired) electrons. The average Bonchev–Trinajstić information content (AvgIpc) is 2.92. The summed E-state index contributed by atoms with van der Waals surface area (Å²) in [7, 11) is 0. The smallest absolute Gasteiger partial charge is 0.0588 e. The lowest BCUT2D eigenvalue weighted by molar-refractivity contribution is 0.0667. The summed E-state index contributed by atoms with van der Waals surface area (Å²) < 4.78 is 5.68. The summed E-state index contributed by atoms with van der Waals surface area (Å²) in [6, 6.07) is 0.588. The van der Waals surface area contributed by atoms with Crippen LogP contribution in [0.4, 0.5) is 0 Å². The van der Waals surface area contributed by atoms with Crippen LogP contribution >= 0.6 is 0 Å². The van der Waals surface area contributed by atoms with Gasteiger partial charge in [0.2, 0.25) is 0 Å². The topological polar surface area (TPSA) is 41.7 Å². The molecule has 0 amide bonds. The Labute approximate surface area is 111 Å². The maximum Gasteiger partial charge on any atom is 0.0588 e. The highest BCUT2D eigenvalue weighted by Gasteiger charge is 2.23. The van der Waals surface area contributed by atoms with Crippen LogP contribution < -0.4 is 5.73 Å². The van der Waals surface area contributed by atoms with Crippen LogP contribution in [0.5, 0.6) is 0 Å². The standard InChI is InChI=1S/C14H29N3O/c1-2-13(12-15)17-9-7-16(8-10-17)6-5-14-4-3-11-18-14/h13-14H,2-12,15H2,1H3. The zero-order chi connectivity index (χ0) is 12.8. The van der Waals surface area contributed by atoms with Crippen molar-refractivity contribution in [3.05, 3.63) is 0 Å². The number of hydrogen-bond acceptors (Lipinski definition) is 4. The fourth-order valence-corrected chi connectivity index (χ4v) is 3.12. The van der Waals surface area contributed by atoms with Crippen LogP contribution in [0.3, 0.4) is 0 Å². The molecule has 2 N–H and O–H groups in total. The Morgan fingerprint density at radius 1 is 1.28 bits per heavy atom. The van der Waals surface area contributed by atoms with Crippen LogP contribution in [0.25, 0.3) is 0 Å². The Morgan fingerprint density at radius 3 is 2.61 bits per heavy atom. The van der Waals surface area contributed by atoms with Crippen molar-refractivity contribution in [2.45, 2.75) is 44.8 Å². The molecule has 2 heterocycles. The highest BCUT2D eigenvalue weighted by Crippen LogP contribution is 2.16. The van der Waals surface area contributed by atoms with Gasteiger partial charge in [-0.05, 0) is 25.7 Å². The van der Waals surface area contributed by atoms with E-state index in [-0.39, 0.29) is 0 Å². The molecule has 4 nitrogen and oxygen atoms in total. The van der Waals surface area contributed by atoms with Crippen LogP contribution in [-0.4, -0.2) is 67.8 Å². The van der Waals surface area contributed by atoms with Crippen LogP contribution in [-0.2, 0) is 4.74 Å². The Bertz CT molecular complexity index is 219. The van der Waals surface area contributed by atoms with E-state index in [1.807, 2.05) is 0 Å². The normalized spacial score (nSPS) is 28.7. The van der Waals surface area contributed by atoms with Gasteiger partial charge in [0, 0.05) is 51.9 Å². The van der Waals surface area contributed by atoms with Crippen LogP contribution in [0.2, 0.25) is 0 Å². The molecule has 0 saturated carbocycles. The van der Waals surface area contributed by atoms with Gasteiger partial charge in [0.15, 0.2) is 0 Å². The minimum atomic E-state index is 0.537. The maximum absolute atomic E-state index is 5.82. The molecule has 2 fully saturated rings. The minimum Gasteiger partial charge on any atom is -0.378 e. The Hall–Kier alpha value is -0.160. The molecule has 2 aliphatic rings. The molecule has 0 bridgehead atoms. The quantitative estimate of drug-likeness (QED) is 0.766. The van der Waals surface area contributed by atoms with Gasteiger partial charge in [-0.15, -0.1) is 0 Å². The Kier molecular flexibility index (Phi) is 5.89. The van der Waals surface area contributed by atoms with Crippen LogP contribution in [0, 0.1) is 0 Å². The van der Waals surface area contributed by atoms with Gasteiger partial charge in [0.05, 0.1) is 6.10 Å². The second kappa shape index (κ2) is 7.43. The summed E-state index contributed by atoms with van der Waals surface area (Å²) in [6.07, 6.45) is 5.45. The van der Waals surface area contributed by atoms with E-state index in [2.05, 4.69) is 16.7 Å². The van der Waals surface area contributed by atoms with E-state index in [4.69, 9.17) is 10.5 Å². The summed E-state index contributed by atoms with van der Waals surface area (Å²) in [6.45, 7) is 9.98. The predicted octanol–water partition coefficient (Wildman–Crippen LogP) is 0.910. The monoisotopic (exact) mass is 255 g/mol. The zero-order valence-corrected chi connectivity index (χ0v) is 11.8. The SMILES string of the molecule is CCC(CN)N1CCN(CCC2CCCO2)CC1. The maximum atomic E-state index is 5.82. The van der Waals surface area contributed by atoms with Gasteiger partial charge >= 0.3 is 0 Å². The number of hydrogen-bond donors (Lipinski definition) is 1. The summed E-state index contributed by atoms with van der Waals surface area (Å²) in [4.78, 5) is 5.14. The van der Waals surface area contributed by atoms with Crippen molar-refractivity contribution in [2.24, 2.45) is 5.73 Å². The fourth-order valence-electron chi connectivity index (χ4n) is 3.12. The van der Waals surface area contributed by atoms with Crippen molar-refractivity contribution in [2.75, 3.05) is 45.9 Å². The molecule has 0 aromatic rings. The van der Waals surface area contributed by atoms with Gasteiger partial charge < -0.3 is 15.4 Å². The predicted molar refractivity (Wildman–Crippen MR) is 74.7 cm³/mol. The van der Waals surface area contributed by atoms with E-state index in [1.54, 1.807) is 0 Å². The number of rotatable bonds is 6. The molecule has 0 aromatic heterocycles. The highest BCUT2D eigenvalue weighted by molar-refractivity contribution is 4.79. The second-order valence-electron chi connectivity index (χ2n) is 5.60. The van der Waals surface area contributed by atoms with Gasteiger partial charge in [-0.2, -0.15) is 0 Å². The number of nitrogens with zero attached hydrogens (tertiary/aromatic N) is 2. The third kappa shape index (κ3) is 3.92. The molecule has 0 aromatic carbocycles. The molecular formula is C14H29N3O. The third-order valence-corrected chi connectivity index (χ3v) is 4.46. The molecule has 2 aliphatic heterocycles. The first-order valence-electron chi connectivity index (χ1n) is 7.61. The lowest BCUT2D eigenvalue weighted by Crippen LogP contribution is -2.52. The second-order valence-corrected chi connectivity index (χ2v) is 5.60. The van der Waals surface area contributed by atoms with Crippen LogP contribution in [0.15, 0.2) is 0 Å². The number of nitrogens with two attached hydrogens (primary N) is 1. The molecule has 4 heteroatoms. The average molecular weight is 255 g/mol. The summed E-state index contributed by atoms with van der Waals surface area (Å²) in [5.74, 6) is 0. The third-order valence-electron chi connectivity index (χ3n) is 4.46. The molecule has 0 aliphatic carbocycles. The first kappa shape index (κ1) is 14.3. The number of ether oxygens (including phenoxy) is 1. The lowest BCUT2D eigenvalue weighted by Gasteiger charge is -2.38. The summed E-state index contributed by atoms with van der Waals surface area (Å²) in [5.41, 5.74) is 5.82. The molecule has 0 spiro atoms. The number of piperazine rings is 1.